The number of benzene rings is 2. The van der Waals surface area contributed by atoms with Gasteiger partial charge in [0.1, 0.15) is 0 Å². The van der Waals surface area contributed by atoms with Gasteiger partial charge in [0.15, 0.2) is 0 Å². The van der Waals surface area contributed by atoms with Crippen molar-refractivity contribution < 1.29 is 13.2 Å². The molecule has 1 amide bonds. The normalized spacial score (nSPS) is 15.9. The van der Waals surface area contributed by atoms with Gasteiger partial charge in [0.25, 0.3) is 5.91 Å². The Kier molecular flexibility index (Phi) is 5.17. The van der Waals surface area contributed by atoms with Gasteiger partial charge in [-0.15, -0.1) is 0 Å². The fourth-order valence-electron chi connectivity index (χ4n) is 3.56. The second kappa shape index (κ2) is 7.77. The zero-order valence-electron chi connectivity index (χ0n) is 15.9. The SMILES string of the molecule is C[C@H]1Cc2cc(S(=O)(=O)NCc3ccccn3)ccc2N1C(=O)c1ccccc1. The molecule has 0 saturated carbocycles. The topological polar surface area (TPSA) is 79.4 Å². The minimum absolute atomic E-state index is 0.0443. The molecule has 6 nitrogen and oxygen atoms in total. The number of carbonyl (C=O) groups excluding carboxylic acids is 1. The molecule has 29 heavy (non-hydrogen) atoms. The number of fused-ring (bicyclic) bond motifs is 1. The molecule has 1 aromatic heterocycles. The summed E-state index contributed by atoms with van der Waals surface area (Å²) in [5, 5.41) is 0. The maximum absolute atomic E-state index is 12.9. The minimum Gasteiger partial charge on any atom is -0.305 e. The first-order valence-corrected chi connectivity index (χ1v) is 10.8. The van der Waals surface area contributed by atoms with Crippen LogP contribution in [0.3, 0.4) is 0 Å². The molecule has 3 aromatic rings. The third-order valence-corrected chi connectivity index (χ3v) is 6.38. The number of carbonyl (C=O) groups is 1. The molecule has 1 aliphatic rings. The third kappa shape index (κ3) is 3.92. The van der Waals surface area contributed by atoms with Crippen LogP contribution in [0, 0.1) is 0 Å². The van der Waals surface area contributed by atoms with E-state index in [1.165, 1.54) is 0 Å². The molecule has 1 atom stereocenters. The second-order valence-corrected chi connectivity index (χ2v) is 8.80. The summed E-state index contributed by atoms with van der Waals surface area (Å²) in [5.41, 5.74) is 2.86. The van der Waals surface area contributed by atoms with Gasteiger partial charge in [-0.05, 0) is 61.4 Å². The van der Waals surface area contributed by atoms with E-state index in [0.717, 1.165) is 11.3 Å². The van der Waals surface area contributed by atoms with Crippen molar-refractivity contribution >= 4 is 21.6 Å². The summed E-state index contributed by atoms with van der Waals surface area (Å²) in [7, 11) is -3.68. The lowest BCUT2D eigenvalue weighted by Crippen LogP contribution is -2.35. The first-order chi connectivity index (χ1) is 14.0. The summed E-state index contributed by atoms with van der Waals surface area (Å²) in [4.78, 5) is 19.0. The lowest BCUT2D eigenvalue weighted by atomic mass is 10.1. The molecule has 7 heteroatoms. The predicted octanol–water partition coefficient (Wildman–Crippen LogP) is 3.15. The molecule has 2 heterocycles. The van der Waals surface area contributed by atoms with Crippen molar-refractivity contribution in [3.63, 3.8) is 0 Å². The number of hydrogen-bond acceptors (Lipinski definition) is 4. The van der Waals surface area contributed by atoms with Crippen LogP contribution in [0.4, 0.5) is 5.69 Å². The largest absolute Gasteiger partial charge is 0.305 e. The van der Waals surface area contributed by atoms with Gasteiger partial charge in [-0.25, -0.2) is 13.1 Å². The Hall–Kier alpha value is -3.03. The summed E-state index contributed by atoms with van der Waals surface area (Å²) in [6, 6.07) is 19.3. The molecular formula is C22H21N3O3S. The van der Waals surface area contributed by atoms with Crippen LogP contribution in [0.1, 0.15) is 28.5 Å². The number of pyridine rings is 1. The molecule has 1 aliphatic heterocycles. The van der Waals surface area contributed by atoms with Crippen molar-refractivity contribution in [3.05, 3.63) is 89.7 Å². The summed E-state index contributed by atoms with van der Waals surface area (Å²) < 4.78 is 28.0. The van der Waals surface area contributed by atoms with Crippen LogP contribution in [0.5, 0.6) is 0 Å². The number of aromatic nitrogens is 1. The van der Waals surface area contributed by atoms with E-state index in [1.807, 2.05) is 31.2 Å². The summed E-state index contributed by atoms with van der Waals surface area (Å²) >= 11 is 0. The van der Waals surface area contributed by atoms with Gasteiger partial charge in [0.2, 0.25) is 10.0 Å². The van der Waals surface area contributed by atoms with E-state index in [2.05, 4.69) is 9.71 Å². The highest BCUT2D eigenvalue weighted by atomic mass is 32.2. The zero-order chi connectivity index (χ0) is 20.4. The van der Waals surface area contributed by atoms with Crippen LogP contribution in [-0.4, -0.2) is 25.4 Å². The van der Waals surface area contributed by atoms with Crippen molar-refractivity contribution in [2.75, 3.05) is 4.90 Å². The van der Waals surface area contributed by atoms with Gasteiger partial charge in [-0.2, -0.15) is 0 Å². The Morgan fingerprint density at radius 1 is 1.10 bits per heavy atom. The molecular weight excluding hydrogens is 386 g/mol. The van der Waals surface area contributed by atoms with Crippen molar-refractivity contribution in [2.24, 2.45) is 0 Å². The Balaban J connectivity index is 1.58. The third-order valence-electron chi connectivity index (χ3n) is 4.99. The summed E-state index contributed by atoms with van der Waals surface area (Å²) in [5.74, 6) is -0.0827. The first kappa shape index (κ1) is 19.3. The number of sulfonamides is 1. The molecule has 0 spiro atoms. The van der Waals surface area contributed by atoms with E-state index in [-0.39, 0.29) is 23.4 Å². The smallest absolute Gasteiger partial charge is 0.258 e. The van der Waals surface area contributed by atoms with Crippen molar-refractivity contribution in [3.8, 4) is 0 Å². The highest BCUT2D eigenvalue weighted by Crippen LogP contribution is 2.35. The van der Waals surface area contributed by atoms with E-state index in [4.69, 9.17) is 0 Å². The molecule has 0 unspecified atom stereocenters. The average molecular weight is 407 g/mol. The van der Waals surface area contributed by atoms with Gasteiger partial charge in [0, 0.05) is 23.5 Å². The molecule has 0 fully saturated rings. The highest BCUT2D eigenvalue weighted by molar-refractivity contribution is 7.89. The van der Waals surface area contributed by atoms with Crippen LogP contribution in [0.15, 0.2) is 77.8 Å². The number of anilines is 1. The van der Waals surface area contributed by atoms with Crippen molar-refractivity contribution in [1.82, 2.24) is 9.71 Å². The van der Waals surface area contributed by atoms with Crippen LogP contribution >= 0.6 is 0 Å². The van der Waals surface area contributed by atoms with Gasteiger partial charge < -0.3 is 4.90 Å². The van der Waals surface area contributed by atoms with Crippen molar-refractivity contribution in [2.45, 2.75) is 30.8 Å². The van der Waals surface area contributed by atoms with Gasteiger partial charge in [-0.1, -0.05) is 24.3 Å². The molecule has 0 saturated heterocycles. The average Bonchev–Trinajstić information content (AvgIpc) is 3.08. The van der Waals surface area contributed by atoms with E-state index in [0.29, 0.717) is 17.7 Å². The van der Waals surface area contributed by atoms with E-state index < -0.39 is 10.0 Å². The van der Waals surface area contributed by atoms with E-state index in [9.17, 15) is 13.2 Å². The van der Waals surface area contributed by atoms with E-state index in [1.54, 1.807) is 53.6 Å². The molecule has 4 rings (SSSR count). The summed E-state index contributed by atoms with van der Waals surface area (Å²) in [6.45, 7) is 2.09. The molecule has 1 N–H and O–H groups in total. The van der Waals surface area contributed by atoms with Crippen LogP contribution in [0.2, 0.25) is 0 Å². The van der Waals surface area contributed by atoms with Gasteiger partial charge >= 0.3 is 0 Å². The molecule has 2 aromatic carbocycles. The molecule has 148 valence electrons. The van der Waals surface area contributed by atoms with Crippen LogP contribution in [-0.2, 0) is 23.0 Å². The first-order valence-electron chi connectivity index (χ1n) is 9.37. The lowest BCUT2D eigenvalue weighted by Gasteiger charge is -2.23. The zero-order valence-corrected chi connectivity index (χ0v) is 16.8. The predicted molar refractivity (Wildman–Crippen MR) is 111 cm³/mol. The Morgan fingerprint density at radius 3 is 2.59 bits per heavy atom. The second-order valence-electron chi connectivity index (χ2n) is 7.03. The van der Waals surface area contributed by atoms with Gasteiger partial charge in [-0.3, -0.25) is 9.78 Å². The number of rotatable bonds is 5. The van der Waals surface area contributed by atoms with Crippen LogP contribution in [0.25, 0.3) is 0 Å². The maximum atomic E-state index is 12.9. The summed E-state index contributed by atoms with van der Waals surface area (Å²) in [6.07, 6.45) is 2.23. The van der Waals surface area contributed by atoms with Crippen LogP contribution < -0.4 is 9.62 Å². The van der Waals surface area contributed by atoms with E-state index >= 15 is 0 Å². The lowest BCUT2D eigenvalue weighted by molar-refractivity contribution is 0.0981. The number of hydrogen-bond donors (Lipinski definition) is 1. The minimum atomic E-state index is -3.68. The standard InChI is InChI=1S/C22H21N3O3S/c1-16-13-18-14-20(29(27,28)24-15-19-9-5-6-12-23-19)10-11-21(18)25(16)22(26)17-7-3-2-4-8-17/h2-12,14,16,24H,13,15H2,1H3/t16-/m0/s1. The van der Waals surface area contributed by atoms with Gasteiger partial charge in [0.05, 0.1) is 17.1 Å². The molecule has 0 radical (unpaired) electrons. The fourth-order valence-corrected chi connectivity index (χ4v) is 4.61. The Morgan fingerprint density at radius 2 is 1.86 bits per heavy atom. The quantitative estimate of drug-likeness (QED) is 0.705. The fraction of sp³-hybridized carbons (Fsp3) is 0.182. The Labute approximate surface area is 170 Å². The molecule has 0 aliphatic carbocycles. The number of nitrogens with zero attached hydrogens (tertiary/aromatic N) is 2. The molecule has 0 bridgehead atoms. The number of amides is 1. The number of nitrogens with one attached hydrogen (secondary N) is 1. The maximum Gasteiger partial charge on any atom is 0.258 e. The Bertz CT molecular complexity index is 1130. The van der Waals surface area contributed by atoms with Crippen molar-refractivity contribution in [1.29, 1.82) is 0 Å². The highest BCUT2D eigenvalue weighted by Gasteiger charge is 2.32. The monoisotopic (exact) mass is 407 g/mol.